The molecule has 1 heterocycles. The summed E-state index contributed by atoms with van der Waals surface area (Å²) < 4.78 is 0. The molecule has 1 aromatic carbocycles. The van der Waals surface area contributed by atoms with Crippen LogP contribution in [0.5, 0.6) is 0 Å². The molecular formula is C19H25N3O3. The van der Waals surface area contributed by atoms with Gasteiger partial charge in [-0.2, -0.15) is 0 Å². The third-order valence-corrected chi connectivity index (χ3v) is 5.13. The summed E-state index contributed by atoms with van der Waals surface area (Å²) in [5, 5.41) is 0. The molecule has 0 bridgehead atoms. The first-order valence-electron chi connectivity index (χ1n) is 9.01. The highest BCUT2D eigenvalue weighted by atomic mass is 16.2. The highest BCUT2D eigenvalue weighted by Gasteiger charge is 2.35. The van der Waals surface area contributed by atoms with Crippen molar-refractivity contribution in [3.8, 4) is 0 Å². The van der Waals surface area contributed by atoms with Crippen LogP contribution in [0, 0.1) is 18.8 Å². The Bertz CT molecular complexity index is 650. The molecule has 0 spiro atoms. The van der Waals surface area contributed by atoms with Crippen molar-refractivity contribution < 1.29 is 14.4 Å². The maximum absolute atomic E-state index is 12.3. The van der Waals surface area contributed by atoms with Gasteiger partial charge in [0.1, 0.15) is 0 Å². The molecule has 2 N–H and O–H groups in total. The Kier molecular flexibility index (Phi) is 5.36. The van der Waals surface area contributed by atoms with Crippen LogP contribution in [0.15, 0.2) is 24.3 Å². The van der Waals surface area contributed by atoms with E-state index in [9.17, 15) is 14.4 Å². The van der Waals surface area contributed by atoms with Crippen LogP contribution in [-0.2, 0) is 14.4 Å². The van der Waals surface area contributed by atoms with Crippen LogP contribution >= 0.6 is 0 Å². The molecule has 1 aromatic rings. The molecule has 3 rings (SSSR count). The molecule has 2 fully saturated rings. The summed E-state index contributed by atoms with van der Waals surface area (Å²) in [6.45, 7) is 2.33. The highest BCUT2D eigenvalue weighted by molar-refractivity contribution is 6.00. The topological polar surface area (TPSA) is 78.5 Å². The molecule has 1 atom stereocenters. The van der Waals surface area contributed by atoms with E-state index in [1.807, 2.05) is 31.2 Å². The standard InChI is InChI=1S/C19H25N3O3/c1-13-7-9-16(10-8-13)22-12-15(11-17(22)23)19(25)21-20-18(24)14-5-3-2-4-6-14/h7-10,14-15H,2-6,11-12H2,1H3,(H,20,24)(H,21,25)/t15-/m1/s1. The number of hydrogen-bond acceptors (Lipinski definition) is 3. The van der Waals surface area contributed by atoms with Gasteiger partial charge in [0.15, 0.2) is 0 Å². The summed E-state index contributed by atoms with van der Waals surface area (Å²) in [5.41, 5.74) is 6.97. The minimum Gasteiger partial charge on any atom is -0.312 e. The number of carbonyl (C=O) groups is 3. The first kappa shape index (κ1) is 17.5. The number of rotatable bonds is 3. The van der Waals surface area contributed by atoms with E-state index in [1.165, 1.54) is 6.42 Å². The largest absolute Gasteiger partial charge is 0.312 e. The molecule has 1 aliphatic heterocycles. The van der Waals surface area contributed by atoms with Gasteiger partial charge in [0, 0.05) is 24.6 Å². The van der Waals surface area contributed by atoms with Crippen LogP contribution in [0.2, 0.25) is 0 Å². The average molecular weight is 343 g/mol. The zero-order chi connectivity index (χ0) is 17.8. The van der Waals surface area contributed by atoms with Crippen LogP contribution < -0.4 is 15.8 Å². The summed E-state index contributed by atoms with van der Waals surface area (Å²) in [4.78, 5) is 38.3. The number of anilines is 1. The zero-order valence-corrected chi connectivity index (χ0v) is 14.6. The smallest absolute Gasteiger partial charge is 0.243 e. The number of nitrogens with one attached hydrogen (secondary N) is 2. The van der Waals surface area contributed by atoms with E-state index < -0.39 is 5.92 Å². The van der Waals surface area contributed by atoms with Gasteiger partial charge in [-0.25, -0.2) is 0 Å². The molecule has 1 saturated heterocycles. The van der Waals surface area contributed by atoms with E-state index in [1.54, 1.807) is 4.90 Å². The third-order valence-electron chi connectivity index (χ3n) is 5.13. The second-order valence-corrected chi connectivity index (χ2v) is 7.05. The maximum atomic E-state index is 12.3. The Morgan fingerprint density at radius 1 is 0.960 bits per heavy atom. The van der Waals surface area contributed by atoms with Gasteiger partial charge in [0.25, 0.3) is 0 Å². The van der Waals surface area contributed by atoms with E-state index in [-0.39, 0.29) is 30.1 Å². The molecule has 0 unspecified atom stereocenters. The summed E-state index contributed by atoms with van der Waals surface area (Å²) in [6, 6.07) is 7.66. The van der Waals surface area contributed by atoms with Crippen LogP contribution in [0.4, 0.5) is 5.69 Å². The van der Waals surface area contributed by atoms with Gasteiger partial charge < -0.3 is 4.90 Å². The normalized spacial score (nSPS) is 21.2. The van der Waals surface area contributed by atoms with Crippen molar-refractivity contribution in [2.24, 2.45) is 11.8 Å². The van der Waals surface area contributed by atoms with Crippen molar-refractivity contribution in [3.63, 3.8) is 0 Å². The van der Waals surface area contributed by atoms with Crippen molar-refractivity contribution in [3.05, 3.63) is 29.8 Å². The predicted octanol–water partition coefficient (Wildman–Crippen LogP) is 2.08. The van der Waals surface area contributed by atoms with Gasteiger partial charge in [-0.05, 0) is 31.9 Å². The van der Waals surface area contributed by atoms with E-state index >= 15 is 0 Å². The number of carbonyl (C=O) groups excluding carboxylic acids is 3. The molecule has 6 nitrogen and oxygen atoms in total. The van der Waals surface area contributed by atoms with Gasteiger partial charge in [-0.1, -0.05) is 37.0 Å². The summed E-state index contributed by atoms with van der Waals surface area (Å²) in [5.74, 6) is -0.939. The van der Waals surface area contributed by atoms with Crippen LogP contribution in [0.1, 0.15) is 44.1 Å². The van der Waals surface area contributed by atoms with Crippen LogP contribution in [0.3, 0.4) is 0 Å². The summed E-state index contributed by atoms with van der Waals surface area (Å²) >= 11 is 0. The minimum absolute atomic E-state index is 0.0108. The third kappa shape index (κ3) is 4.18. The zero-order valence-electron chi connectivity index (χ0n) is 14.6. The van der Waals surface area contributed by atoms with Gasteiger partial charge in [0.2, 0.25) is 17.7 Å². The molecule has 25 heavy (non-hydrogen) atoms. The number of amides is 3. The van der Waals surface area contributed by atoms with Crippen molar-refractivity contribution >= 4 is 23.4 Å². The first-order chi connectivity index (χ1) is 12.0. The van der Waals surface area contributed by atoms with E-state index in [0.29, 0.717) is 6.54 Å². The quantitative estimate of drug-likeness (QED) is 0.825. The predicted molar refractivity (Wildman–Crippen MR) is 94.5 cm³/mol. The first-order valence-corrected chi connectivity index (χ1v) is 9.01. The lowest BCUT2D eigenvalue weighted by molar-refractivity contribution is -0.133. The molecule has 1 aliphatic carbocycles. The minimum atomic E-state index is -0.444. The number of aryl methyl sites for hydroxylation is 1. The lowest BCUT2D eigenvalue weighted by atomic mass is 9.89. The van der Waals surface area contributed by atoms with Gasteiger partial charge >= 0.3 is 0 Å². The summed E-state index contributed by atoms with van der Waals surface area (Å²) in [7, 11) is 0. The Morgan fingerprint density at radius 3 is 2.20 bits per heavy atom. The molecule has 1 saturated carbocycles. The second-order valence-electron chi connectivity index (χ2n) is 7.05. The van der Waals surface area contributed by atoms with Crippen molar-refractivity contribution in [2.75, 3.05) is 11.4 Å². The number of hydrogen-bond donors (Lipinski definition) is 2. The summed E-state index contributed by atoms with van der Waals surface area (Å²) in [6.07, 6.45) is 5.23. The second kappa shape index (κ2) is 7.68. The Morgan fingerprint density at radius 2 is 1.56 bits per heavy atom. The van der Waals surface area contributed by atoms with Crippen LogP contribution in [-0.4, -0.2) is 24.3 Å². The van der Waals surface area contributed by atoms with Gasteiger partial charge in [-0.3, -0.25) is 25.2 Å². The molecule has 6 heteroatoms. The monoisotopic (exact) mass is 343 g/mol. The van der Waals surface area contributed by atoms with Gasteiger partial charge in [0.05, 0.1) is 5.92 Å². The van der Waals surface area contributed by atoms with Crippen molar-refractivity contribution in [1.29, 1.82) is 0 Å². The number of benzene rings is 1. The molecule has 2 aliphatic rings. The fourth-order valence-electron chi connectivity index (χ4n) is 3.55. The lowest BCUT2D eigenvalue weighted by Crippen LogP contribution is -2.47. The molecule has 0 aromatic heterocycles. The fraction of sp³-hybridized carbons (Fsp3) is 0.526. The van der Waals surface area contributed by atoms with E-state index in [4.69, 9.17) is 0 Å². The SMILES string of the molecule is Cc1ccc(N2C[C@H](C(=O)NNC(=O)C3CCCCC3)CC2=O)cc1. The van der Waals surface area contributed by atoms with Crippen molar-refractivity contribution in [2.45, 2.75) is 45.4 Å². The molecular weight excluding hydrogens is 318 g/mol. The van der Waals surface area contributed by atoms with Gasteiger partial charge in [-0.15, -0.1) is 0 Å². The number of nitrogens with zero attached hydrogens (tertiary/aromatic N) is 1. The average Bonchev–Trinajstić information content (AvgIpc) is 3.02. The maximum Gasteiger partial charge on any atom is 0.243 e. The molecule has 134 valence electrons. The fourth-order valence-corrected chi connectivity index (χ4v) is 3.55. The van der Waals surface area contributed by atoms with E-state index in [2.05, 4.69) is 10.9 Å². The Balaban J connectivity index is 1.52. The van der Waals surface area contributed by atoms with Crippen LogP contribution in [0.25, 0.3) is 0 Å². The molecule has 3 amide bonds. The van der Waals surface area contributed by atoms with E-state index in [0.717, 1.165) is 36.9 Å². The number of hydrazine groups is 1. The Labute approximate surface area is 147 Å². The molecule has 0 radical (unpaired) electrons. The highest BCUT2D eigenvalue weighted by Crippen LogP contribution is 2.26. The Hall–Kier alpha value is -2.37. The lowest BCUT2D eigenvalue weighted by Gasteiger charge is -2.21. The van der Waals surface area contributed by atoms with Crippen molar-refractivity contribution in [1.82, 2.24) is 10.9 Å².